The van der Waals surface area contributed by atoms with Crippen LogP contribution in [0.4, 0.5) is 5.82 Å². The molecule has 6 heteroatoms. The molecule has 0 aliphatic rings. The molecular weight excluding hydrogens is 340 g/mol. The van der Waals surface area contributed by atoms with E-state index in [0.717, 1.165) is 22.3 Å². The van der Waals surface area contributed by atoms with E-state index >= 15 is 0 Å². The van der Waals surface area contributed by atoms with E-state index in [9.17, 15) is 4.79 Å². The van der Waals surface area contributed by atoms with Crippen LogP contribution in [0.2, 0.25) is 0 Å². The highest BCUT2D eigenvalue weighted by atomic mass is 16.5. The lowest BCUT2D eigenvalue weighted by atomic mass is 10.0. The SMILES string of the molecule is CN(C)c1ncc(-c2ccc(C#Cc3cccnc3)cc2)cc1C(=O)NO. The summed E-state index contributed by atoms with van der Waals surface area (Å²) in [6.45, 7) is 0. The zero-order valence-corrected chi connectivity index (χ0v) is 15.0. The van der Waals surface area contributed by atoms with Crippen LogP contribution >= 0.6 is 0 Å². The second kappa shape index (κ2) is 8.13. The van der Waals surface area contributed by atoms with Crippen LogP contribution in [-0.4, -0.2) is 35.2 Å². The molecule has 0 fully saturated rings. The Labute approximate surface area is 157 Å². The smallest absolute Gasteiger partial charge is 0.278 e. The highest BCUT2D eigenvalue weighted by Gasteiger charge is 2.15. The molecular formula is C21H18N4O2. The molecule has 3 rings (SSSR count). The van der Waals surface area contributed by atoms with E-state index in [1.54, 1.807) is 49.1 Å². The third kappa shape index (κ3) is 4.29. The Hall–Kier alpha value is -3.69. The number of hydroxylamine groups is 1. The molecule has 0 radical (unpaired) electrons. The Morgan fingerprint density at radius 3 is 2.41 bits per heavy atom. The molecule has 0 atom stereocenters. The first-order valence-electron chi connectivity index (χ1n) is 8.23. The quantitative estimate of drug-likeness (QED) is 0.428. The lowest BCUT2D eigenvalue weighted by Crippen LogP contribution is -2.23. The lowest BCUT2D eigenvalue weighted by Gasteiger charge is -2.16. The van der Waals surface area contributed by atoms with Crippen molar-refractivity contribution >= 4 is 11.7 Å². The average molecular weight is 358 g/mol. The second-order valence-electron chi connectivity index (χ2n) is 6.00. The predicted molar refractivity (Wildman–Crippen MR) is 103 cm³/mol. The number of carbonyl (C=O) groups excluding carboxylic acids is 1. The fourth-order valence-corrected chi connectivity index (χ4v) is 2.53. The van der Waals surface area contributed by atoms with E-state index in [-0.39, 0.29) is 0 Å². The van der Waals surface area contributed by atoms with Gasteiger partial charge in [-0.2, -0.15) is 0 Å². The highest BCUT2D eigenvalue weighted by molar-refractivity contribution is 5.99. The Morgan fingerprint density at radius 2 is 1.78 bits per heavy atom. The van der Waals surface area contributed by atoms with Crippen molar-refractivity contribution in [3.05, 3.63) is 77.7 Å². The Bertz CT molecular complexity index is 1000. The molecule has 0 spiro atoms. The van der Waals surface area contributed by atoms with Crippen LogP contribution in [0.25, 0.3) is 11.1 Å². The monoisotopic (exact) mass is 358 g/mol. The van der Waals surface area contributed by atoms with Crippen molar-refractivity contribution < 1.29 is 10.0 Å². The first-order valence-corrected chi connectivity index (χ1v) is 8.23. The van der Waals surface area contributed by atoms with Crippen LogP contribution in [0, 0.1) is 11.8 Å². The lowest BCUT2D eigenvalue weighted by molar-refractivity contribution is 0.0706. The molecule has 2 N–H and O–H groups in total. The summed E-state index contributed by atoms with van der Waals surface area (Å²) in [7, 11) is 3.57. The van der Waals surface area contributed by atoms with Crippen molar-refractivity contribution in [3.63, 3.8) is 0 Å². The standard InChI is InChI=1S/C21H18N4O2/c1-25(2)20-19(21(26)24-27)12-18(14-23-20)17-9-7-15(8-10-17)5-6-16-4-3-11-22-13-16/h3-4,7-14,27H,1-2H3,(H,24,26). The van der Waals surface area contributed by atoms with E-state index in [4.69, 9.17) is 5.21 Å². The summed E-state index contributed by atoms with van der Waals surface area (Å²) in [5.41, 5.74) is 5.35. The normalized spacial score (nSPS) is 9.89. The number of rotatable bonds is 3. The maximum Gasteiger partial charge on any atom is 0.278 e. The van der Waals surface area contributed by atoms with Gasteiger partial charge in [0.05, 0.1) is 5.56 Å². The van der Waals surface area contributed by atoms with E-state index in [0.29, 0.717) is 11.4 Å². The van der Waals surface area contributed by atoms with Gasteiger partial charge in [0.1, 0.15) is 5.82 Å². The van der Waals surface area contributed by atoms with Crippen LogP contribution < -0.4 is 10.4 Å². The third-order valence-electron chi connectivity index (χ3n) is 3.87. The number of amides is 1. The van der Waals surface area contributed by atoms with Crippen LogP contribution in [-0.2, 0) is 0 Å². The minimum Gasteiger partial charge on any atom is -0.362 e. The average Bonchev–Trinajstić information content (AvgIpc) is 2.72. The molecule has 6 nitrogen and oxygen atoms in total. The maximum atomic E-state index is 11.9. The molecule has 0 aliphatic heterocycles. The van der Waals surface area contributed by atoms with E-state index in [1.807, 2.05) is 36.4 Å². The second-order valence-corrected chi connectivity index (χ2v) is 6.00. The van der Waals surface area contributed by atoms with Crippen molar-refractivity contribution in [2.24, 2.45) is 0 Å². The molecule has 27 heavy (non-hydrogen) atoms. The Balaban J connectivity index is 1.89. The number of hydrogen-bond donors (Lipinski definition) is 2. The number of nitrogens with zero attached hydrogens (tertiary/aromatic N) is 3. The minimum atomic E-state index is -0.605. The first kappa shape index (κ1) is 18.1. The van der Waals surface area contributed by atoms with Crippen molar-refractivity contribution in [2.75, 3.05) is 19.0 Å². The van der Waals surface area contributed by atoms with Gasteiger partial charge in [0, 0.05) is 49.4 Å². The van der Waals surface area contributed by atoms with Crippen molar-refractivity contribution in [2.45, 2.75) is 0 Å². The molecule has 2 aromatic heterocycles. The van der Waals surface area contributed by atoms with Gasteiger partial charge < -0.3 is 4.90 Å². The third-order valence-corrected chi connectivity index (χ3v) is 3.87. The van der Waals surface area contributed by atoms with Gasteiger partial charge in [0.25, 0.3) is 5.91 Å². The summed E-state index contributed by atoms with van der Waals surface area (Å²) >= 11 is 0. The summed E-state index contributed by atoms with van der Waals surface area (Å²) in [4.78, 5) is 22.0. The van der Waals surface area contributed by atoms with Crippen LogP contribution in [0.15, 0.2) is 61.1 Å². The molecule has 134 valence electrons. The summed E-state index contributed by atoms with van der Waals surface area (Å²) in [6, 6.07) is 13.1. The summed E-state index contributed by atoms with van der Waals surface area (Å²) in [5.74, 6) is 6.03. The van der Waals surface area contributed by atoms with Crippen LogP contribution in [0.3, 0.4) is 0 Å². The topological polar surface area (TPSA) is 78.4 Å². The van der Waals surface area contributed by atoms with E-state index in [2.05, 4.69) is 21.8 Å². The van der Waals surface area contributed by atoms with Crippen LogP contribution in [0.1, 0.15) is 21.5 Å². The largest absolute Gasteiger partial charge is 0.362 e. The fraction of sp³-hybridized carbons (Fsp3) is 0.0952. The Morgan fingerprint density at radius 1 is 1.04 bits per heavy atom. The van der Waals surface area contributed by atoms with Gasteiger partial charge in [-0.1, -0.05) is 24.0 Å². The van der Waals surface area contributed by atoms with E-state index in [1.165, 1.54) is 0 Å². The van der Waals surface area contributed by atoms with Gasteiger partial charge in [0.2, 0.25) is 0 Å². The minimum absolute atomic E-state index is 0.292. The van der Waals surface area contributed by atoms with Gasteiger partial charge in [-0.25, -0.2) is 10.5 Å². The van der Waals surface area contributed by atoms with E-state index < -0.39 is 5.91 Å². The number of hydrogen-bond acceptors (Lipinski definition) is 5. The number of carbonyl (C=O) groups is 1. The number of anilines is 1. The summed E-state index contributed by atoms with van der Waals surface area (Å²) in [6.07, 6.45) is 5.12. The van der Waals surface area contributed by atoms with Gasteiger partial charge >= 0.3 is 0 Å². The summed E-state index contributed by atoms with van der Waals surface area (Å²) in [5, 5.41) is 8.98. The van der Waals surface area contributed by atoms with Crippen molar-refractivity contribution in [1.82, 2.24) is 15.4 Å². The first-order chi connectivity index (χ1) is 13.1. The Kier molecular flexibility index (Phi) is 5.45. The molecule has 0 saturated carbocycles. The fourth-order valence-electron chi connectivity index (χ4n) is 2.53. The molecule has 3 aromatic rings. The predicted octanol–water partition coefficient (Wildman–Crippen LogP) is 2.73. The summed E-state index contributed by atoms with van der Waals surface area (Å²) < 4.78 is 0. The molecule has 2 heterocycles. The zero-order chi connectivity index (χ0) is 19.2. The molecule has 0 bridgehead atoms. The van der Waals surface area contributed by atoms with Gasteiger partial charge in [-0.05, 0) is 35.9 Å². The number of nitrogens with one attached hydrogen (secondary N) is 1. The number of benzene rings is 1. The molecule has 1 amide bonds. The van der Waals surface area contributed by atoms with Crippen LogP contribution in [0.5, 0.6) is 0 Å². The molecule has 0 unspecified atom stereocenters. The zero-order valence-electron chi connectivity index (χ0n) is 15.0. The molecule has 1 aromatic carbocycles. The number of aromatic nitrogens is 2. The molecule has 0 aliphatic carbocycles. The van der Waals surface area contributed by atoms with Gasteiger partial charge in [0.15, 0.2) is 0 Å². The number of pyridine rings is 2. The van der Waals surface area contributed by atoms with Crippen molar-refractivity contribution in [1.29, 1.82) is 0 Å². The maximum absolute atomic E-state index is 11.9. The van der Waals surface area contributed by atoms with Crippen molar-refractivity contribution in [3.8, 4) is 23.0 Å². The van der Waals surface area contributed by atoms with Gasteiger partial charge in [-0.15, -0.1) is 0 Å². The highest BCUT2D eigenvalue weighted by Crippen LogP contribution is 2.24. The van der Waals surface area contributed by atoms with Gasteiger partial charge in [-0.3, -0.25) is 15.0 Å². The molecule has 0 saturated heterocycles.